The second kappa shape index (κ2) is 6.81. The number of carbonyl (C=O) groups is 1. The van der Waals surface area contributed by atoms with Gasteiger partial charge in [0.1, 0.15) is 11.4 Å². The molecule has 1 amide bonds. The molecule has 0 aliphatic heterocycles. The Hall–Kier alpha value is -3.08. The summed E-state index contributed by atoms with van der Waals surface area (Å²) in [6.45, 7) is 5.88. The zero-order chi connectivity index (χ0) is 18.0. The molecule has 3 N–H and O–H groups in total. The lowest BCUT2D eigenvalue weighted by Crippen LogP contribution is -2.12. The molecule has 0 unspecified atom stereocenters. The minimum atomic E-state index is -0.272. The average molecular weight is 335 g/mol. The van der Waals surface area contributed by atoms with Crippen LogP contribution >= 0.6 is 0 Å². The van der Waals surface area contributed by atoms with Gasteiger partial charge in [0, 0.05) is 11.3 Å². The van der Waals surface area contributed by atoms with Gasteiger partial charge in [-0.25, -0.2) is 0 Å². The number of nitrogens with zero attached hydrogens (tertiary/aromatic N) is 1. The molecule has 25 heavy (non-hydrogen) atoms. The van der Waals surface area contributed by atoms with Gasteiger partial charge < -0.3 is 10.4 Å². The van der Waals surface area contributed by atoms with Gasteiger partial charge >= 0.3 is 0 Å². The van der Waals surface area contributed by atoms with Gasteiger partial charge in [0.05, 0.1) is 5.69 Å². The summed E-state index contributed by atoms with van der Waals surface area (Å²) >= 11 is 0. The van der Waals surface area contributed by atoms with Crippen LogP contribution < -0.4 is 5.32 Å². The van der Waals surface area contributed by atoms with E-state index in [9.17, 15) is 9.90 Å². The van der Waals surface area contributed by atoms with Crippen molar-refractivity contribution >= 4 is 11.6 Å². The summed E-state index contributed by atoms with van der Waals surface area (Å²) in [5.74, 6) is -0.0834. The lowest BCUT2D eigenvalue weighted by atomic mass is 10.0. The van der Waals surface area contributed by atoms with Crippen LogP contribution in [-0.2, 0) is 6.42 Å². The summed E-state index contributed by atoms with van der Waals surface area (Å²) in [4.78, 5) is 12.4. The van der Waals surface area contributed by atoms with Crippen LogP contribution in [0.3, 0.4) is 0 Å². The molecule has 3 aromatic rings. The lowest BCUT2D eigenvalue weighted by molar-refractivity contribution is 0.102. The molecular weight excluding hydrogens is 314 g/mol. The van der Waals surface area contributed by atoms with Crippen LogP contribution in [0.15, 0.2) is 42.5 Å². The third-order valence-corrected chi connectivity index (χ3v) is 4.42. The smallest absolute Gasteiger partial charge is 0.273 e. The van der Waals surface area contributed by atoms with Gasteiger partial charge in [0.15, 0.2) is 0 Å². The van der Waals surface area contributed by atoms with Crippen molar-refractivity contribution in [2.24, 2.45) is 0 Å². The van der Waals surface area contributed by atoms with E-state index in [0.717, 1.165) is 23.2 Å². The van der Waals surface area contributed by atoms with Gasteiger partial charge in [-0.2, -0.15) is 5.10 Å². The molecule has 128 valence electrons. The minimum Gasteiger partial charge on any atom is -0.507 e. The van der Waals surface area contributed by atoms with E-state index in [0.29, 0.717) is 17.0 Å². The molecule has 5 heteroatoms. The Balaban J connectivity index is 1.81. The fourth-order valence-electron chi connectivity index (χ4n) is 2.61. The summed E-state index contributed by atoms with van der Waals surface area (Å²) < 4.78 is 0. The first kappa shape index (κ1) is 16.8. The van der Waals surface area contributed by atoms with Crippen molar-refractivity contribution in [3.8, 4) is 17.0 Å². The molecule has 0 atom stereocenters. The fraction of sp³-hybridized carbons (Fsp3) is 0.200. The summed E-state index contributed by atoms with van der Waals surface area (Å²) in [5, 5.41) is 20.0. The second-order valence-electron chi connectivity index (χ2n) is 6.08. The monoisotopic (exact) mass is 335 g/mol. The number of benzene rings is 2. The first-order valence-electron chi connectivity index (χ1n) is 8.25. The molecule has 2 aromatic carbocycles. The van der Waals surface area contributed by atoms with Gasteiger partial charge in [0.25, 0.3) is 5.91 Å². The molecule has 0 bridgehead atoms. The molecule has 0 spiro atoms. The minimum absolute atomic E-state index is 0.189. The van der Waals surface area contributed by atoms with E-state index in [2.05, 4.69) is 22.4 Å². The maximum Gasteiger partial charge on any atom is 0.273 e. The fourth-order valence-corrected chi connectivity index (χ4v) is 2.61. The number of aromatic nitrogens is 2. The van der Waals surface area contributed by atoms with Crippen LogP contribution in [0.25, 0.3) is 11.3 Å². The molecule has 1 heterocycles. The number of H-pyrrole nitrogens is 1. The molecular formula is C20H21N3O2. The molecule has 0 aliphatic rings. The normalized spacial score (nSPS) is 10.7. The first-order chi connectivity index (χ1) is 12.0. The van der Waals surface area contributed by atoms with E-state index in [1.165, 1.54) is 5.56 Å². The molecule has 0 aliphatic carbocycles. The largest absolute Gasteiger partial charge is 0.507 e. The number of hydrogen-bond acceptors (Lipinski definition) is 3. The van der Waals surface area contributed by atoms with Crippen molar-refractivity contribution in [2.45, 2.75) is 27.2 Å². The number of anilines is 1. The lowest BCUT2D eigenvalue weighted by Gasteiger charge is -2.07. The van der Waals surface area contributed by atoms with Gasteiger partial charge in [-0.3, -0.25) is 9.89 Å². The van der Waals surface area contributed by atoms with Crippen molar-refractivity contribution < 1.29 is 9.90 Å². The van der Waals surface area contributed by atoms with Crippen molar-refractivity contribution in [2.75, 3.05) is 5.32 Å². The number of nitrogens with one attached hydrogen (secondary N) is 2. The number of aromatic hydroxyl groups is 1. The Morgan fingerprint density at radius 3 is 2.56 bits per heavy atom. The number of aryl methyl sites for hydroxylation is 2. The summed E-state index contributed by atoms with van der Waals surface area (Å²) in [6, 6.07) is 13.1. The Bertz CT molecular complexity index is 911. The van der Waals surface area contributed by atoms with E-state index in [1.807, 2.05) is 44.2 Å². The van der Waals surface area contributed by atoms with Crippen molar-refractivity contribution in [3.63, 3.8) is 0 Å². The number of rotatable bonds is 4. The van der Waals surface area contributed by atoms with E-state index < -0.39 is 0 Å². The van der Waals surface area contributed by atoms with Crippen LogP contribution in [-0.4, -0.2) is 21.2 Å². The average Bonchev–Trinajstić information content (AvgIpc) is 3.10. The molecule has 0 saturated carbocycles. The van der Waals surface area contributed by atoms with Crippen LogP contribution in [0.1, 0.15) is 34.1 Å². The summed E-state index contributed by atoms with van der Waals surface area (Å²) in [7, 11) is 0. The van der Waals surface area contributed by atoms with Crippen molar-refractivity contribution in [3.05, 3.63) is 64.8 Å². The zero-order valence-corrected chi connectivity index (χ0v) is 14.6. The van der Waals surface area contributed by atoms with Crippen molar-refractivity contribution in [1.82, 2.24) is 10.2 Å². The third kappa shape index (κ3) is 3.40. The standard InChI is InChI=1S/C20H21N3O2/c1-4-14-6-8-15(9-7-14)21-20(25)18-11-17(22-23-18)16-10-5-12(2)13(3)19(16)24/h5-11,24H,4H2,1-3H3,(H,21,25)(H,22,23). The predicted molar refractivity (Wildman–Crippen MR) is 98.9 cm³/mol. The Labute approximate surface area is 146 Å². The summed E-state index contributed by atoms with van der Waals surface area (Å²) in [5.41, 5.74) is 5.23. The molecule has 3 rings (SSSR count). The molecule has 0 radical (unpaired) electrons. The van der Waals surface area contributed by atoms with E-state index in [1.54, 1.807) is 12.1 Å². The molecule has 0 fully saturated rings. The number of carbonyl (C=O) groups excluding carboxylic acids is 1. The highest BCUT2D eigenvalue weighted by atomic mass is 16.3. The van der Waals surface area contributed by atoms with Crippen molar-refractivity contribution in [1.29, 1.82) is 0 Å². The highest BCUT2D eigenvalue weighted by Crippen LogP contribution is 2.32. The van der Waals surface area contributed by atoms with Gasteiger partial charge in [-0.15, -0.1) is 0 Å². The van der Waals surface area contributed by atoms with Crippen LogP contribution in [0.5, 0.6) is 5.75 Å². The Morgan fingerprint density at radius 2 is 1.88 bits per heavy atom. The molecule has 0 saturated heterocycles. The Morgan fingerprint density at radius 1 is 1.16 bits per heavy atom. The van der Waals surface area contributed by atoms with E-state index in [-0.39, 0.29) is 11.7 Å². The zero-order valence-electron chi connectivity index (χ0n) is 14.6. The maximum absolute atomic E-state index is 12.4. The van der Waals surface area contributed by atoms with Gasteiger partial charge in [-0.05, 0) is 61.2 Å². The Kier molecular flexibility index (Phi) is 4.57. The predicted octanol–water partition coefficient (Wildman–Crippen LogP) is 4.21. The van der Waals surface area contributed by atoms with Crippen LogP contribution in [0.4, 0.5) is 5.69 Å². The third-order valence-electron chi connectivity index (χ3n) is 4.42. The maximum atomic E-state index is 12.4. The van der Waals surface area contributed by atoms with Gasteiger partial charge in [0.2, 0.25) is 0 Å². The highest BCUT2D eigenvalue weighted by molar-refractivity contribution is 6.03. The topological polar surface area (TPSA) is 78.0 Å². The second-order valence-corrected chi connectivity index (χ2v) is 6.08. The van der Waals surface area contributed by atoms with Gasteiger partial charge in [-0.1, -0.05) is 25.1 Å². The van der Waals surface area contributed by atoms with Crippen LogP contribution in [0.2, 0.25) is 0 Å². The number of phenolic OH excluding ortho intramolecular Hbond substituents is 1. The summed E-state index contributed by atoms with van der Waals surface area (Å²) in [6.07, 6.45) is 0.956. The number of hydrogen-bond donors (Lipinski definition) is 3. The van der Waals surface area contributed by atoms with E-state index >= 15 is 0 Å². The van der Waals surface area contributed by atoms with Crippen LogP contribution in [0, 0.1) is 13.8 Å². The SMILES string of the molecule is CCc1ccc(NC(=O)c2cc(-c3ccc(C)c(C)c3O)n[nH]2)cc1. The molecule has 1 aromatic heterocycles. The first-order valence-corrected chi connectivity index (χ1v) is 8.25. The molecule has 5 nitrogen and oxygen atoms in total. The quantitative estimate of drug-likeness (QED) is 0.668. The number of phenols is 1. The van der Waals surface area contributed by atoms with E-state index in [4.69, 9.17) is 0 Å². The number of amides is 1. The number of aromatic amines is 1. The highest BCUT2D eigenvalue weighted by Gasteiger charge is 2.15.